The normalized spacial score (nSPS) is 11.7. The van der Waals surface area contributed by atoms with Gasteiger partial charge in [0.15, 0.2) is 0 Å². The van der Waals surface area contributed by atoms with Crippen LogP contribution in [0.5, 0.6) is 0 Å². The summed E-state index contributed by atoms with van der Waals surface area (Å²) in [7, 11) is 0. The maximum atomic E-state index is 12.3. The van der Waals surface area contributed by atoms with Crippen molar-refractivity contribution in [1.29, 1.82) is 0 Å². The zero-order valence-electron chi connectivity index (χ0n) is 14.4. The predicted molar refractivity (Wildman–Crippen MR) is 110 cm³/mol. The van der Waals surface area contributed by atoms with Gasteiger partial charge in [0.1, 0.15) is 0 Å². The zero-order valence-corrected chi connectivity index (χ0v) is 15.9. The number of hydrogen-bond acceptors (Lipinski definition) is 2. The first-order valence-electron chi connectivity index (χ1n) is 8.58. The maximum absolute atomic E-state index is 12.3. The van der Waals surface area contributed by atoms with Gasteiger partial charge < -0.3 is 10.6 Å². The molecular formula is C22H21BrN2O. The molecule has 0 aliphatic heterocycles. The molecule has 3 rings (SSSR count). The molecule has 0 aliphatic carbocycles. The van der Waals surface area contributed by atoms with Crippen LogP contribution in [-0.2, 0) is 11.2 Å². The van der Waals surface area contributed by atoms with Gasteiger partial charge in [-0.05, 0) is 35.7 Å². The number of benzene rings is 3. The number of amides is 1. The molecule has 3 aromatic carbocycles. The van der Waals surface area contributed by atoms with E-state index in [2.05, 4.69) is 50.8 Å². The van der Waals surface area contributed by atoms with Crippen molar-refractivity contribution >= 4 is 27.5 Å². The summed E-state index contributed by atoms with van der Waals surface area (Å²) in [4.78, 5) is 12.3. The fourth-order valence-electron chi connectivity index (χ4n) is 2.83. The molecule has 1 unspecified atom stereocenters. The summed E-state index contributed by atoms with van der Waals surface area (Å²) in [5, 5.41) is 6.32. The molecule has 0 spiro atoms. The Morgan fingerprint density at radius 3 is 2.27 bits per heavy atom. The summed E-state index contributed by atoms with van der Waals surface area (Å²) in [6.07, 6.45) is 0.828. The Morgan fingerprint density at radius 1 is 0.885 bits per heavy atom. The molecule has 3 aromatic rings. The van der Waals surface area contributed by atoms with Crippen LogP contribution >= 0.6 is 15.9 Å². The van der Waals surface area contributed by atoms with Crippen LogP contribution in [0.4, 0.5) is 5.69 Å². The average Bonchev–Trinajstić information content (AvgIpc) is 2.66. The van der Waals surface area contributed by atoms with Crippen LogP contribution in [0, 0.1) is 0 Å². The molecule has 1 amide bonds. The van der Waals surface area contributed by atoms with E-state index in [1.807, 2.05) is 60.7 Å². The third-order valence-electron chi connectivity index (χ3n) is 4.10. The predicted octanol–water partition coefficient (Wildman–Crippen LogP) is 4.96. The third kappa shape index (κ3) is 5.55. The number of halogens is 1. The molecule has 0 saturated carbocycles. The van der Waals surface area contributed by atoms with Crippen molar-refractivity contribution in [1.82, 2.24) is 5.32 Å². The summed E-state index contributed by atoms with van der Waals surface area (Å²) in [6, 6.07) is 28.2. The first-order chi connectivity index (χ1) is 12.7. The topological polar surface area (TPSA) is 41.1 Å². The fourth-order valence-corrected chi connectivity index (χ4v) is 3.23. The van der Waals surface area contributed by atoms with E-state index in [0.29, 0.717) is 0 Å². The lowest BCUT2D eigenvalue weighted by molar-refractivity contribution is -0.115. The molecule has 3 nitrogen and oxygen atoms in total. The largest absolute Gasteiger partial charge is 0.325 e. The van der Waals surface area contributed by atoms with E-state index in [-0.39, 0.29) is 18.5 Å². The Morgan fingerprint density at radius 2 is 1.58 bits per heavy atom. The molecule has 0 saturated heterocycles. The van der Waals surface area contributed by atoms with E-state index in [9.17, 15) is 4.79 Å². The molecule has 0 aliphatic rings. The highest BCUT2D eigenvalue weighted by Crippen LogP contribution is 2.19. The van der Waals surface area contributed by atoms with Crippen molar-refractivity contribution in [2.24, 2.45) is 0 Å². The van der Waals surface area contributed by atoms with Crippen LogP contribution in [-0.4, -0.2) is 12.5 Å². The van der Waals surface area contributed by atoms with E-state index < -0.39 is 0 Å². The van der Waals surface area contributed by atoms with Crippen LogP contribution in [0.25, 0.3) is 0 Å². The minimum atomic E-state index is -0.0582. The van der Waals surface area contributed by atoms with Crippen LogP contribution in [0.15, 0.2) is 89.4 Å². The first-order valence-corrected chi connectivity index (χ1v) is 9.38. The summed E-state index contributed by atoms with van der Waals surface area (Å²) in [6.45, 7) is 0.249. The average molecular weight is 409 g/mol. The summed E-state index contributed by atoms with van der Waals surface area (Å²) >= 11 is 3.42. The van der Waals surface area contributed by atoms with Crippen molar-refractivity contribution in [2.45, 2.75) is 12.5 Å². The van der Waals surface area contributed by atoms with E-state index in [0.717, 1.165) is 16.6 Å². The van der Waals surface area contributed by atoms with Gasteiger partial charge in [-0.25, -0.2) is 0 Å². The SMILES string of the molecule is O=C(CNC(Cc1ccccc1)c1ccccc1)Nc1cccc(Br)c1. The lowest BCUT2D eigenvalue weighted by Gasteiger charge is -2.19. The van der Waals surface area contributed by atoms with Crippen LogP contribution in [0.3, 0.4) is 0 Å². The lowest BCUT2D eigenvalue weighted by atomic mass is 9.99. The molecular weight excluding hydrogens is 388 g/mol. The van der Waals surface area contributed by atoms with Gasteiger partial charge in [-0.3, -0.25) is 4.79 Å². The third-order valence-corrected chi connectivity index (χ3v) is 4.60. The van der Waals surface area contributed by atoms with E-state index in [1.165, 1.54) is 11.1 Å². The van der Waals surface area contributed by atoms with Crippen LogP contribution in [0.2, 0.25) is 0 Å². The highest BCUT2D eigenvalue weighted by molar-refractivity contribution is 9.10. The summed E-state index contributed by atoms with van der Waals surface area (Å²) in [5.74, 6) is -0.0582. The van der Waals surface area contributed by atoms with Gasteiger partial charge in [0, 0.05) is 16.2 Å². The van der Waals surface area contributed by atoms with Crippen molar-refractivity contribution in [3.63, 3.8) is 0 Å². The highest BCUT2D eigenvalue weighted by atomic mass is 79.9. The van der Waals surface area contributed by atoms with Crippen LogP contribution in [0.1, 0.15) is 17.2 Å². The zero-order chi connectivity index (χ0) is 18.2. The minimum Gasteiger partial charge on any atom is -0.325 e. The van der Waals surface area contributed by atoms with Crippen molar-refractivity contribution in [2.75, 3.05) is 11.9 Å². The Kier molecular flexibility index (Phi) is 6.58. The van der Waals surface area contributed by atoms with Crippen LogP contribution < -0.4 is 10.6 Å². The standard InChI is InChI=1S/C22H21BrN2O/c23-19-12-7-13-20(15-19)25-22(26)16-24-21(18-10-5-2-6-11-18)14-17-8-3-1-4-9-17/h1-13,15,21,24H,14,16H2,(H,25,26). The lowest BCUT2D eigenvalue weighted by Crippen LogP contribution is -2.32. The molecule has 132 valence electrons. The second kappa shape index (κ2) is 9.32. The Bertz CT molecular complexity index is 837. The number of rotatable bonds is 7. The maximum Gasteiger partial charge on any atom is 0.238 e. The fraction of sp³-hybridized carbons (Fsp3) is 0.136. The van der Waals surface area contributed by atoms with Gasteiger partial charge in [-0.2, -0.15) is 0 Å². The monoisotopic (exact) mass is 408 g/mol. The Hall–Kier alpha value is -2.43. The summed E-state index contributed by atoms with van der Waals surface area (Å²) in [5.41, 5.74) is 3.19. The van der Waals surface area contributed by atoms with Gasteiger partial charge in [0.2, 0.25) is 5.91 Å². The van der Waals surface area contributed by atoms with E-state index in [1.54, 1.807) is 0 Å². The molecule has 2 N–H and O–H groups in total. The van der Waals surface area contributed by atoms with Crippen molar-refractivity contribution in [3.05, 3.63) is 101 Å². The number of nitrogens with one attached hydrogen (secondary N) is 2. The molecule has 0 radical (unpaired) electrons. The second-order valence-electron chi connectivity index (χ2n) is 6.09. The smallest absolute Gasteiger partial charge is 0.238 e. The number of anilines is 1. The molecule has 0 heterocycles. The van der Waals surface area contributed by atoms with Gasteiger partial charge in [-0.1, -0.05) is 82.7 Å². The van der Waals surface area contributed by atoms with Gasteiger partial charge in [0.05, 0.1) is 6.54 Å². The minimum absolute atomic E-state index is 0.0582. The molecule has 26 heavy (non-hydrogen) atoms. The number of hydrogen-bond donors (Lipinski definition) is 2. The second-order valence-corrected chi connectivity index (χ2v) is 7.01. The van der Waals surface area contributed by atoms with Gasteiger partial charge in [-0.15, -0.1) is 0 Å². The Labute approximate surface area is 162 Å². The van der Waals surface area contributed by atoms with Gasteiger partial charge >= 0.3 is 0 Å². The molecule has 0 aromatic heterocycles. The number of carbonyl (C=O) groups excluding carboxylic acids is 1. The quantitative estimate of drug-likeness (QED) is 0.579. The van der Waals surface area contributed by atoms with Crippen molar-refractivity contribution < 1.29 is 4.79 Å². The van der Waals surface area contributed by atoms with E-state index in [4.69, 9.17) is 0 Å². The molecule has 1 atom stereocenters. The van der Waals surface area contributed by atoms with Gasteiger partial charge in [0.25, 0.3) is 0 Å². The highest BCUT2D eigenvalue weighted by Gasteiger charge is 2.13. The van der Waals surface area contributed by atoms with Crippen molar-refractivity contribution in [3.8, 4) is 0 Å². The molecule has 4 heteroatoms. The molecule has 0 fully saturated rings. The summed E-state index contributed by atoms with van der Waals surface area (Å²) < 4.78 is 0.939. The first kappa shape index (κ1) is 18.4. The van der Waals surface area contributed by atoms with E-state index >= 15 is 0 Å². The number of carbonyl (C=O) groups is 1. The Balaban J connectivity index is 1.65. The molecule has 0 bridgehead atoms.